The van der Waals surface area contributed by atoms with Crippen molar-refractivity contribution in [2.75, 3.05) is 0 Å². The van der Waals surface area contributed by atoms with Crippen LogP contribution in [-0.2, 0) is 0 Å². The Balaban J connectivity index is 2.32. The van der Waals surface area contributed by atoms with Gasteiger partial charge in [0, 0.05) is 10.9 Å². The Kier molecular flexibility index (Phi) is 3.90. The van der Waals surface area contributed by atoms with Crippen LogP contribution in [0.2, 0.25) is 0 Å². The first-order chi connectivity index (χ1) is 9.04. The molecule has 0 radical (unpaired) electrons. The highest BCUT2D eigenvalue weighted by Gasteiger charge is 2.69. The van der Waals surface area contributed by atoms with Crippen molar-refractivity contribution >= 4 is 45.9 Å². The van der Waals surface area contributed by atoms with Gasteiger partial charge in [-0.1, -0.05) is 41.4 Å². The zero-order valence-corrected chi connectivity index (χ0v) is 11.8. The molecule has 1 N–H and O–H groups in total. The molecule has 2 aromatic rings. The first-order valence-electron chi connectivity index (χ1n) is 5.14. The summed E-state index contributed by atoms with van der Waals surface area (Å²) in [6.45, 7) is 0. The van der Waals surface area contributed by atoms with Crippen LogP contribution >= 0.6 is 35.0 Å². The maximum absolute atomic E-state index is 13.9. The van der Waals surface area contributed by atoms with Crippen molar-refractivity contribution in [3.8, 4) is 0 Å². The van der Waals surface area contributed by atoms with Gasteiger partial charge in [-0.3, -0.25) is 0 Å². The van der Waals surface area contributed by atoms with Crippen molar-refractivity contribution in [3.63, 3.8) is 0 Å². The van der Waals surface area contributed by atoms with Gasteiger partial charge in [0.05, 0.1) is 5.03 Å². The number of H-pyrrole nitrogens is 1. The fourth-order valence-electron chi connectivity index (χ4n) is 1.47. The predicted octanol–water partition coefficient (Wildman–Crippen LogP) is 5.59. The van der Waals surface area contributed by atoms with Crippen molar-refractivity contribution in [1.82, 2.24) is 4.98 Å². The number of nitrogens with one attached hydrogen (secondary N) is 1. The molecule has 0 spiro atoms. The first kappa shape index (κ1) is 15.7. The zero-order chi connectivity index (χ0) is 15.2. The number of halogens is 7. The summed E-state index contributed by atoms with van der Waals surface area (Å²) in [5, 5.41) is -4.17. The van der Waals surface area contributed by atoms with Gasteiger partial charge in [-0.05, 0) is 23.9 Å². The predicted molar refractivity (Wildman–Crippen MR) is 69.6 cm³/mol. The second-order valence-electron chi connectivity index (χ2n) is 3.91. The lowest BCUT2D eigenvalue weighted by atomic mass is 10.3. The molecule has 0 aliphatic carbocycles. The van der Waals surface area contributed by atoms with Gasteiger partial charge >= 0.3 is 11.3 Å². The average molecular weight is 350 g/mol. The summed E-state index contributed by atoms with van der Waals surface area (Å²) in [6, 6.07) is 7.98. The highest BCUT2D eigenvalue weighted by atomic mass is 35.5. The molecule has 9 heteroatoms. The topological polar surface area (TPSA) is 15.8 Å². The fraction of sp³-hybridized carbons (Fsp3) is 0.273. The lowest BCUT2D eigenvalue weighted by molar-refractivity contribution is -0.211. The average Bonchev–Trinajstić information content (AvgIpc) is 2.68. The lowest BCUT2D eigenvalue weighted by Gasteiger charge is -2.29. The van der Waals surface area contributed by atoms with Crippen molar-refractivity contribution in [2.24, 2.45) is 0 Å². The summed E-state index contributed by atoms with van der Waals surface area (Å²) < 4.78 is 60.5. The molecular weight excluding hydrogens is 344 g/mol. The third-order valence-electron chi connectivity index (χ3n) is 2.46. The van der Waals surface area contributed by atoms with E-state index < -0.39 is 15.8 Å². The minimum absolute atomic E-state index is 0.0735. The number of aromatic nitrogens is 1. The third-order valence-corrected chi connectivity index (χ3v) is 4.62. The number of thioether (sulfide) groups is 1. The maximum Gasteiger partial charge on any atom is 0.442 e. The molecule has 0 saturated carbocycles. The van der Waals surface area contributed by atoms with Crippen LogP contribution in [0.15, 0.2) is 35.4 Å². The Bertz CT molecular complexity index is 590. The summed E-state index contributed by atoms with van der Waals surface area (Å²) in [5.74, 6) is 0. The molecule has 2 unspecified atom stereocenters. The molecule has 0 bridgehead atoms. The zero-order valence-electron chi connectivity index (χ0n) is 9.44. The highest BCUT2D eigenvalue weighted by Crippen LogP contribution is 2.56. The standard InChI is InChI=1S/C11H6Cl2F5NS/c12-9(14,11(16,17)18)10(13,15)20-8-5-6-3-1-2-4-7(6)19-8/h1-5,19H. The normalized spacial score (nSPS) is 18.8. The number of aromatic amines is 1. The summed E-state index contributed by atoms with van der Waals surface area (Å²) in [6.07, 6.45) is -5.65. The molecular formula is C11H6Cl2F5NS. The Morgan fingerprint density at radius 1 is 1.00 bits per heavy atom. The van der Waals surface area contributed by atoms with E-state index in [1.54, 1.807) is 24.3 Å². The van der Waals surface area contributed by atoms with Crippen molar-refractivity contribution < 1.29 is 22.0 Å². The van der Waals surface area contributed by atoms with Crippen molar-refractivity contribution in [2.45, 2.75) is 20.8 Å². The molecule has 2 rings (SSSR count). The molecule has 1 aromatic heterocycles. The second-order valence-corrected chi connectivity index (χ2v) is 6.38. The van der Waals surface area contributed by atoms with Gasteiger partial charge in [0.2, 0.25) is 0 Å². The number of hydrogen-bond donors (Lipinski definition) is 1. The van der Waals surface area contributed by atoms with Gasteiger partial charge in [0.25, 0.3) is 4.46 Å². The maximum atomic E-state index is 13.9. The monoisotopic (exact) mass is 349 g/mol. The minimum Gasteiger partial charge on any atom is -0.350 e. The van der Waals surface area contributed by atoms with Gasteiger partial charge in [0.15, 0.2) is 0 Å². The Hall–Kier alpha value is -0.660. The molecule has 1 nitrogen and oxygen atoms in total. The highest BCUT2D eigenvalue weighted by molar-refractivity contribution is 8.01. The smallest absolute Gasteiger partial charge is 0.350 e. The SMILES string of the molecule is FC(F)(F)C(F)(Cl)C(F)(Cl)Sc1cc2ccccc2[nH]1. The van der Waals surface area contributed by atoms with Gasteiger partial charge in [-0.15, -0.1) is 0 Å². The molecule has 0 amide bonds. The molecule has 20 heavy (non-hydrogen) atoms. The van der Waals surface area contributed by atoms with Crippen LogP contribution in [0.5, 0.6) is 0 Å². The van der Waals surface area contributed by atoms with E-state index >= 15 is 0 Å². The van der Waals surface area contributed by atoms with Crippen molar-refractivity contribution in [1.29, 1.82) is 0 Å². The van der Waals surface area contributed by atoms with Crippen LogP contribution in [0.25, 0.3) is 10.9 Å². The third kappa shape index (κ3) is 2.71. The molecule has 0 aliphatic heterocycles. The molecule has 0 saturated heterocycles. The quantitative estimate of drug-likeness (QED) is 0.434. The van der Waals surface area contributed by atoms with Crippen LogP contribution < -0.4 is 0 Å². The van der Waals surface area contributed by atoms with Gasteiger partial charge < -0.3 is 4.98 Å². The van der Waals surface area contributed by atoms with E-state index in [0.29, 0.717) is 10.9 Å². The molecule has 110 valence electrons. The van der Waals surface area contributed by atoms with Gasteiger partial charge in [-0.25, -0.2) is 8.78 Å². The summed E-state index contributed by atoms with van der Waals surface area (Å²) in [7, 11) is 0. The van der Waals surface area contributed by atoms with Crippen LogP contribution in [-0.4, -0.2) is 20.7 Å². The van der Waals surface area contributed by atoms with Crippen LogP contribution in [0, 0.1) is 0 Å². The van der Waals surface area contributed by atoms with E-state index in [2.05, 4.69) is 16.6 Å². The van der Waals surface area contributed by atoms with E-state index in [4.69, 9.17) is 11.6 Å². The summed E-state index contributed by atoms with van der Waals surface area (Å²) in [5.41, 5.74) is 0.550. The Morgan fingerprint density at radius 2 is 1.60 bits per heavy atom. The van der Waals surface area contributed by atoms with Gasteiger partial charge in [-0.2, -0.15) is 13.2 Å². The largest absolute Gasteiger partial charge is 0.442 e. The van der Waals surface area contributed by atoms with E-state index in [9.17, 15) is 22.0 Å². The summed E-state index contributed by atoms with van der Waals surface area (Å²) >= 11 is 9.46. The van der Waals surface area contributed by atoms with Crippen LogP contribution in [0.1, 0.15) is 0 Å². The second kappa shape index (κ2) is 4.96. The number of para-hydroxylation sites is 1. The van der Waals surface area contributed by atoms with Crippen LogP contribution in [0.4, 0.5) is 22.0 Å². The molecule has 1 heterocycles. The summed E-state index contributed by atoms with van der Waals surface area (Å²) in [4.78, 5) is 2.62. The molecule has 0 aliphatic rings. The van der Waals surface area contributed by atoms with E-state index in [0.717, 1.165) is 0 Å². The van der Waals surface area contributed by atoms with Gasteiger partial charge in [0.1, 0.15) is 0 Å². The van der Waals surface area contributed by atoms with E-state index in [1.807, 2.05) is 0 Å². The molecule has 0 fully saturated rings. The van der Waals surface area contributed by atoms with Crippen LogP contribution in [0.3, 0.4) is 0 Å². The van der Waals surface area contributed by atoms with E-state index in [-0.39, 0.29) is 16.8 Å². The molecule has 1 aromatic carbocycles. The first-order valence-corrected chi connectivity index (χ1v) is 6.71. The number of hydrogen-bond acceptors (Lipinski definition) is 1. The van der Waals surface area contributed by atoms with Crippen molar-refractivity contribution in [3.05, 3.63) is 30.3 Å². The van der Waals surface area contributed by atoms with E-state index in [1.165, 1.54) is 6.07 Å². The number of rotatable bonds is 3. The Labute approximate surface area is 124 Å². The molecule has 2 atom stereocenters. The number of alkyl halides is 7. The fourth-order valence-corrected chi connectivity index (χ4v) is 2.81. The lowest BCUT2D eigenvalue weighted by Crippen LogP contribution is -2.48. The Morgan fingerprint density at radius 3 is 2.15 bits per heavy atom. The minimum atomic E-state index is -5.65. The number of fused-ring (bicyclic) bond motifs is 1. The number of benzene rings is 1.